The van der Waals surface area contributed by atoms with Crippen LogP contribution in [0.15, 0.2) is 6.20 Å². The molecule has 1 aromatic heterocycles. The molecule has 0 aromatic carbocycles. The summed E-state index contributed by atoms with van der Waals surface area (Å²) in [6.07, 6.45) is 4.12. The smallest absolute Gasteiger partial charge is 0.222 e. The number of nitrogens with one attached hydrogen (secondary N) is 1. The first-order valence-electron chi connectivity index (χ1n) is 5.92. The van der Waals surface area contributed by atoms with Gasteiger partial charge in [-0.05, 0) is 32.9 Å². The summed E-state index contributed by atoms with van der Waals surface area (Å²) in [7, 11) is 0. The van der Waals surface area contributed by atoms with Gasteiger partial charge in [-0.1, -0.05) is 11.6 Å². The van der Waals surface area contributed by atoms with Gasteiger partial charge in [0.15, 0.2) is 5.82 Å². The summed E-state index contributed by atoms with van der Waals surface area (Å²) in [6, 6.07) is 0.292. The van der Waals surface area contributed by atoms with Crippen molar-refractivity contribution in [2.24, 2.45) is 0 Å². The third kappa shape index (κ3) is 3.44. The Hall–Kier alpha value is -1.07. The second-order valence-corrected chi connectivity index (χ2v) is 4.89. The maximum absolute atomic E-state index is 6.00. The van der Waals surface area contributed by atoms with Crippen LogP contribution in [0.25, 0.3) is 0 Å². The lowest BCUT2D eigenvalue weighted by Gasteiger charge is -2.21. The number of anilines is 2. The van der Waals surface area contributed by atoms with Gasteiger partial charge in [-0.25, -0.2) is 4.98 Å². The predicted octanol–water partition coefficient (Wildman–Crippen LogP) is 1.61. The van der Waals surface area contributed by atoms with Crippen molar-refractivity contribution >= 4 is 23.4 Å². The molecule has 1 saturated heterocycles. The van der Waals surface area contributed by atoms with Gasteiger partial charge < -0.3 is 16.0 Å². The zero-order valence-corrected chi connectivity index (χ0v) is 10.7. The van der Waals surface area contributed by atoms with Gasteiger partial charge in [-0.15, -0.1) is 0 Å². The molecule has 2 heterocycles. The maximum atomic E-state index is 6.00. The molecule has 1 aromatic rings. The summed E-state index contributed by atoms with van der Waals surface area (Å²) in [5.41, 5.74) is 5.54. The molecule has 0 aliphatic carbocycles. The Kier molecular flexibility index (Phi) is 4.02. The van der Waals surface area contributed by atoms with Crippen LogP contribution in [0.5, 0.6) is 0 Å². The number of hydrogen-bond acceptors (Lipinski definition) is 5. The zero-order valence-electron chi connectivity index (χ0n) is 9.99. The predicted molar refractivity (Wildman–Crippen MR) is 70.2 cm³/mol. The number of hydrogen-bond donors (Lipinski definition) is 2. The van der Waals surface area contributed by atoms with Crippen molar-refractivity contribution < 1.29 is 0 Å². The van der Waals surface area contributed by atoms with Gasteiger partial charge >= 0.3 is 0 Å². The van der Waals surface area contributed by atoms with Gasteiger partial charge in [0, 0.05) is 12.6 Å². The van der Waals surface area contributed by atoms with Gasteiger partial charge in [0.25, 0.3) is 0 Å². The van der Waals surface area contributed by atoms with Crippen LogP contribution >= 0.6 is 11.6 Å². The first kappa shape index (κ1) is 12.4. The molecule has 1 unspecified atom stereocenters. The Morgan fingerprint density at radius 3 is 2.94 bits per heavy atom. The van der Waals surface area contributed by atoms with Crippen LogP contribution in [0.1, 0.15) is 19.8 Å². The van der Waals surface area contributed by atoms with Gasteiger partial charge in [0.05, 0.1) is 6.20 Å². The summed E-state index contributed by atoms with van der Waals surface area (Å²) in [5.74, 6) is 0.858. The van der Waals surface area contributed by atoms with Crippen LogP contribution in [0.3, 0.4) is 0 Å². The molecule has 2 rings (SSSR count). The molecule has 94 valence electrons. The highest BCUT2D eigenvalue weighted by atomic mass is 35.5. The minimum absolute atomic E-state index is 0.241. The molecule has 1 atom stereocenters. The van der Waals surface area contributed by atoms with Crippen LogP contribution in [-0.2, 0) is 0 Å². The Morgan fingerprint density at radius 1 is 1.53 bits per heavy atom. The lowest BCUT2D eigenvalue weighted by molar-refractivity contribution is 0.327. The second kappa shape index (κ2) is 5.51. The van der Waals surface area contributed by atoms with Crippen LogP contribution < -0.4 is 11.1 Å². The van der Waals surface area contributed by atoms with Gasteiger partial charge in [0.1, 0.15) is 5.02 Å². The second-order valence-electron chi connectivity index (χ2n) is 4.48. The highest BCUT2D eigenvalue weighted by Gasteiger charge is 2.15. The molecule has 3 N–H and O–H groups in total. The van der Waals surface area contributed by atoms with E-state index in [1.807, 2.05) is 0 Å². The molecule has 6 heteroatoms. The van der Waals surface area contributed by atoms with E-state index in [9.17, 15) is 0 Å². The Morgan fingerprint density at radius 2 is 2.24 bits per heavy atom. The largest absolute Gasteiger partial charge is 0.368 e. The van der Waals surface area contributed by atoms with Crippen LogP contribution in [-0.4, -0.2) is 40.5 Å². The Balaban J connectivity index is 1.92. The molecule has 5 nitrogen and oxygen atoms in total. The third-order valence-electron chi connectivity index (χ3n) is 2.88. The van der Waals surface area contributed by atoms with E-state index in [1.54, 1.807) is 0 Å². The van der Waals surface area contributed by atoms with E-state index in [4.69, 9.17) is 17.3 Å². The number of halogens is 1. The minimum Gasteiger partial charge on any atom is -0.368 e. The molecule has 1 aliphatic rings. The summed E-state index contributed by atoms with van der Waals surface area (Å²) >= 11 is 6.00. The van der Waals surface area contributed by atoms with E-state index < -0.39 is 0 Å². The van der Waals surface area contributed by atoms with Crippen molar-refractivity contribution in [2.75, 3.05) is 30.7 Å². The van der Waals surface area contributed by atoms with Crippen LogP contribution in [0.4, 0.5) is 11.8 Å². The average Bonchev–Trinajstić information content (AvgIpc) is 2.76. The molecular weight excluding hydrogens is 238 g/mol. The van der Waals surface area contributed by atoms with E-state index in [2.05, 4.69) is 27.1 Å². The van der Waals surface area contributed by atoms with E-state index in [1.165, 1.54) is 32.1 Å². The molecule has 0 bridgehead atoms. The number of likely N-dealkylation sites (tertiary alicyclic amines) is 1. The molecular formula is C11H18ClN5. The maximum Gasteiger partial charge on any atom is 0.222 e. The fraction of sp³-hybridized carbons (Fsp3) is 0.636. The van der Waals surface area contributed by atoms with Crippen LogP contribution in [0.2, 0.25) is 5.02 Å². The summed E-state index contributed by atoms with van der Waals surface area (Å²) in [4.78, 5) is 10.4. The highest BCUT2D eigenvalue weighted by molar-refractivity contribution is 6.32. The Bertz CT molecular complexity index is 378. The monoisotopic (exact) mass is 255 g/mol. The number of nitrogens with two attached hydrogens (primary N) is 1. The fourth-order valence-electron chi connectivity index (χ4n) is 2.11. The van der Waals surface area contributed by atoms with Crippen molar-refractivity contribution in [1.82, 2.24) is 14.9 Å². The van der Waals surface area contributed by atoms with Crippen molar-refractivity contribution in [2.45, 2.75) is 25.8 Å². The summed E-state index contributed by atoms with van der Waals surface area (Å²) < 4.78 is 0. The van der Waals surface area contributed by atoms with E-state index >= 15 is 0 Å². The summed E-state index contributed by atoms with van der Waals surface area (Å²) in [5, 5.41) is 3.78. The first-order valence-corrected chi connectivity index (χ1v) is 6.30. The molecule has 0 saturated carbocycles. The summed E-state index contributed by atoms with van der Waals surface area (Å²) in [6.45, 7) is 5.49. The van der Waals surface area contributed by atoms with Crippen LogP contribution in [0, 0.1) is 0 Å². The van der Waals surface area contributed by atoms with Gasteiger partial charge in [0.2, 0.25) is 5.95 Å². The number of nitrogens with zero attached hydrogens (tertiary/aromatic N) is 3. The third-order valence-corrected chi connectivity index (χ3v) is 3.15. The molecule has 17 heavy (non-hydrogen) atoms. The topological polar surface area (TPSA) is 67.1 Å². The fourth-order valence-corrected chi connectivity index (χ4v) is 2.26. The Labute approximate surface area is 106 Å². The van der Waals surface area contributed by atoms with E-state index in [0.29, 0.717) is 16.9 Å². The minimum atomic E-state index is 0.241. The highest BCUT2D eigenvalue weighted by Crippen LogP contribution is 2.19. The van der Waals surface area contributed by atoms with Crippen molar-refractivity contribution in [3.63, 3.8) is 0 Å². The lowest BCUT2D eigenvalue weighted by atomic mass is 10.3. The van der Waals surface area contributed by atoms with E-state index in [-0.39, 0.29) is 5.95 Å². The molecule has 0 radical (unpaired) electrons. The van der Waals surface area contributed by atoms with Gasteiger partial charge in [-0.3, -0.25) is 0 Å². The normalized spacial score (nSPS) is 18.2. The number of rotatable bonds is 4. The standard InChI is InChI=1S/C11H18ClN5/c1-8(7-17-4-2-3-5-17)15-10-9(12)6-14-11(13)16-10/h6,8H,2-5,7H2,1H3,(H3,13,14,15,16). The van der Waals surface area contributed by atoms with E-state index in [0.717, 1.165) is 6.54 Å². The first-order chi connectivity index (χ1) is 8.15. The molecule has 0 amide bonds. The number of aromatic nitrogens is 2. The lowest BCUT2D eigenvalue weighted by Crippen LogP contribution is -2.33. The quantitative estimate of drug-likeness (QED) is 0.856. The van der Waals surface area contributed by atoms with Crippen molar-refractivity contribution in [1.29, 1.82) is 0 Å². The van der Waals surface area contributed by atoms with Gasteiger partial charge in [-0.2, -0.15) is 4.98 Å². The molecule has 1 aliphatic heterocycles. The average molecular weight is 256 g/mol. The molecule has 1 fully saturated rings. The molecule has 0 spiro atoms. The van der Waals surface area contributed by atoms with Crippen molar-refractivity contribution in [3.8, 4) is 0 Å². The number of nitrogen functional groups attached to an aromatic ring is 1. The SMILES string of the molecule is CC(CN1CCCC1)Nc1nc(N)ncc1Cl. The zero-order chi connectivity index (χ0) is 12.3. The van der Waals surface area contributed by atoms with Crippen molar-refractivity contribution in [3.05, 3.63) is 11.2 Å².